The first-order chi connectivity index (χ1) is 9.51. The fourth-order valence-electron chi connectivity index (χ4n) is 1.52. The van der Waals surface area contributed by atoms with E-state index in [0.717, 1.165) is 6.20 Å². The SMILES string of the molecule is CNc1cc(C(=O)Nc2cc(C)on2)c([N+](=O)[O-])cn1. The molecule has 2 aromatic heterocycles. The van der Waals surface area contributed by atoms with Crippen LogP contribution in [-0.4, -0.2) is 28.0 Å². The molecular formula is C11H11N5O4. The van der Waals surface area contributed by atoms with Gasteiger partial charge in [0.1, 0.15) is 23.3 Å². The number of hydrogen-bond acceptors (Lipinski definition) is 7. The molecule has 0 saturated carbocycles. The van der Waals surface area contributed by atoms with E-state index in [1.54, 1.807) is 14.0 Å². The van der Waals surface area contributed by atoms with E-state index in [2.05, 4.69) is 20.8 Å². The van der Waals surface area contributed by atoms with Gasteiger partial charge < -0.3 is 15.2 Å². The number of carbonyl (C=O) groups is 1. The summed E-state index contributed by atoms with van der Waals surface area (Å²) in [6, 6.07) is 2.80. The zero-order valence-corrected chi connectivity index (χ0v) is 10.7. The predicted molar refractivity (Wildman–Crippen MR) is 69.6 cm³/mol. The quantitative estimate of drug-likeness (QED) is 0.642. The number of nitrogens with zero attached hydrogens (tertiary/aromatic N) is 3. The number of pyridine rings is 1. The highest BCUT2D eigenvalue weighted by atomic mass is 16.6. The highest BCUT2D eigenvalue weighted by molar-refractivity contribution is 6.07. The molecule has 0 radical (unpaired) electrons. The molecule has 0 aliphatic rings. The number of anilines is 2. The molecule has 20 heavy (non-hydrogen) atoms. The number of hydrogen-bond donors (Lipinski definition) is 2. The van der Waals surface area contributed by atoms with Crippen molar-refractivity contribution in [2.24, 2.45) is 0 Å². The maximum absolute atomic E-state index is 12.1. The number of nitro groups is 1. The molecule has 0 atom stereocenters. The van der Waals surface area contributed by atoms with E-state index < -0.39 is 10.8 Å². The van der Waals surface area contributed by atoms with Crippen LogP contribution in [0.15, 0.2) is 22.9 Å². The van der Waals surface area contributed by atoms with E-state index in [1.165, 1.54) is 12.1 Å². The van der Waals surface area contributed by atoms with Crippen molar-refractivity contribution in [3.63, 3.8) is 0 Å². The lowest BCUT2D eigenvalue weighted by Gasteiger charge is -2.05. The third-order valence-electron chi connectivity index (χ3n) is 2.45. The van der Waals surface area contributed by atoms with E-state index in [0.29, 0.717) is 11.6 Å². The topological polar surface area (TPSA) is 123 Å². The Morgan fingerprint density at radius 1 is 1.40 bits per heavy atom. The van der Waals surface area contributed by atoms with Crippen molar-refractivity contribution in [1.82, 2.24) is 10.1 Å². The van der Waals surface area contributed by atoms with E-state index in [1.807, 2.05) is 0 Å². The van der Waals surface area contributed by atoms with Crippen molar-refractivity contribution in [3.05, 3.63) is 39.8 Å². The fraction of sp³-hybridized carbons (Fsp3) is 0.182. The second-order valence-corrected chi connectivity index (χ2v) is 3.87. The minimum absolute atomic E-state index is 0.116. The molecule has 9 heteroatoms. The van der Waals surface area contributed by atoms with Gasteiger partial charge in [0.15, 0.2) is 5.82 Å². The van der Waals surface area contributed by atoms with E-state index in [-0.39, 0.29) is 17.1 Å². The van der Waals surface area contributed by atoms with Gasteiger partial charge in [-0.1, -0.05) is 5.16 Å². The molecule has 1 amide bonds. The lowest BCUT2D eigenvalue weighted by Crippen LogP contribution is -2.15. The summed E-state index contributed by atoms with van der Waals surface area (Å²) in [6.45, 7) is 1.66. The lowest BCUT2D eigenvalue weighted by molar-refractivity contribution is -0.385. The third-order valence-corrected chi connectivity index (χ3v) is 2.45. The molecule has 0 bridgehead atoms. The van der Waals surface area contributed by atoms with Crippen LogP contribution in [0.25, 0.3) is 0 Å². The number of amides is 1. The predicted octanol–water partition coefficient (Wildman–Crippen LogP) is 1.58. The number of aryl methyl sites for hydroxylation is 1. The first kappa shape index (κ1) is 13.5. The van der Waals surface area contributed by atoms with Gasteiger partial charge in [0.2, 0.25) is 0 Å². The Hall–Kier alpha value is -2.97. The molecule has 0 saturated heterocycles. The van der Waals surface area contributed by atoms with Gasteiger partial charge in [-0.15, -0.1) is 0 Å². The second-order valence-electron chi connectivity index (χ2n) is 3.87. The van der Waals surface area contributed by atoms with Crippen LogP contribution in [0.1, 0.15) is 16.1 Å². The number of nitrogens with one attached hydrogen (secondary N) is 2. The molecule has 2 heterocycles. The van der Waals surface area contributed by atoms with Crippen LogP contribution in [0, 0.1) is 17.0 Å². The maximum atomic E-state index is 12.1. The smallest absolute Gasteiger partial charge is 0.300 e. The molecule has 104 valence electrons. The first-order valence-corrected chi connectivity index (χ1v) is 5.58. The molecule has 0 fully saturated rings. The molecule has 2 N–H and O–H groups in total. The van der Waals surface area contributed by atoms with Crippen LogP contribution in [-0.2, 0) is 0 Å². The monoisotopic (exact) mass is 277 g/mol. The number of rotatable bonds is 4. The summed E-state index contributed by atoms with van der Waals surface area (Å²) in [6.07, 6.45) is 1.02. The minimum atomic E-state index is -0.671. The zero-order chi connectivity index (χ0) is 14.7. The van der Waals surface area contributed by atoms with E-state index in [9.17, 15) is 14.9 Å². The average molecular weight is 277 g/mol. The molecule has 0 aliphatic carbocycles. The van der Waals surface area contributed by atoms with E-state index >= 15 is 0 Å². The second kappa shape index (κ2) is 5.34. The van der Waals surface area contributed by atoms with Gasteiger partial charge in [0, 0.05) is 19.2 Å². The van der Waals surface area contributed by atoms with Gasteiger partial charge in [-0.2, -0.15) is 0 Å². The Kier molecular flexibility index (Phi) is 3.60. The Morgan fingerprint density at radius 2 is 2.15 bits per heavy atom. The standard InChI is InChI=1S/C11H11N5O4/c1-6-3-10(15-20-6)14-11(17)7-4-9(12-2)13-5-8(7)16(18)19/h3-5H,1-2H3,(H,12,13)(H,14,15,17). The zero-order valence-electron chi connectivity index (χ0n) is 10.7. The van der Waals surface area contributed by atoms with Crippen molar-refractivity contribution in [3.8, 4) is 0 Å². The van der Waals surface area contributed by atoms with Crippen LogP contribution >= 0.6 is 0 Å². The molecule has 2 rings (SSSR count). The van der Waals surface area contributed by atoms with Crippen molar-refractivity contribution >= 4 is 23.2 Å². The van der Waals surface area contributed by atoms with Crippen molar-refractivity contribution in [2.75, 3.05) is 17.7 Å². The average Bonchev–Trinajstić information content (AvgIpc) is 2.83. The number of carbonyl (C=O) groups excluding carboxylic acids is 1. The van der Waals surface area contributed by atoms with Crippen molar-refractivity contribution in [2.45, 2.75) is 6.92 Å². The molecule has 0 spiro atoms. The third kappa shape index (κ3) is 2.71. The van der Waals surface area contributed by atoms with E-state index in [4.69, 9.17) is 4.52 Å². The summed E-state index contributed by atoms with van der Waals surface area (Å²) >= 11 is 0. The molecule has 0 aromatic carbocycles. The highest BCUT2D eigenvalue weighted by Gasteiger charge is 2.22. The normalized spacial score (nSPS) is 10.1. The van der Waals surface area contributed by atoms with Crippen LogP contribution in [0.3, 0.4) is 0 Å². The summed E-state index contributed by atoms with van der Waals surface area (Å²) in [5, 5.41) is 19.6. The summed E-state index contributed by atoms with van der Waals surface area (Å²) in [4.78, 5) is 26.1. The lowest BCUT2D eigenvalue weighted by atomic mass is 10.2. The molecule has 0 unspecified atom stereocenters. The van der Waals surface area contributed by atoms with Crippen LogP contribution < -0.4 is 10.6 Å². The van der Waals surface area contributed by atoms with Gasteiger partial charge in [0.05, 0.1) is 4.92 Å². The summed E-state index contributed by atoms with van der Waals surface area (Å²) in [5.41, 5.74) is -0.503. The number of aromatic nitrogens is 2. The minimum Gasteiger partial charge on any atom is -0.373 e. The van der Waals surface area contributed by atoms with Gasteiger partial charge in [0.25, 0.3) is 11.6 Å². The molecular weight excluding hydrogens is 266 g/mol. The first-order valence-electron chi connectivity index (χ1n) is 5.58. The Bertz CT molecular complexity index is 667. The molecule has 0 aliphatic heterocycles. The molecule has 2 aromatic rings. The Morgan fingerprint density at radius 3 is 2.70 bits per heavy atom. The van der Waals surface area contributed by atoms with Crippen LogP contribution in [0.4, 0.5) is 17.3 Å². The van der Waals surface area contributed by atoms with Gasteiger partial charge in [-0.3, -0.25) is 14.9 Å². The highest BCUT2D eigenvalue weighted by Crippen LogP contribution is 2.21. The van der Waals surface area contributed by atoms with Gasteiger partial charge in [-0.25, -0.2) is 4.98 Å². The van der Waals surface area contributed by atoms with Crippen LogP contribution in [0.5, 0.6) is 0 Å². The summed E-state index contributed by atoms with van der Waals surface area (Å²) in [5.74, 6) is 0.381. The summed E-state index contributed by atoms with van der Waals surface area (Å²) < 4.78 is 4.80. The van der Waals surface area contributed by atoms with Gasteiger partial charge >= 0.3 is 0 Å². The Labute approximate surface area is 113 Å². The summed E-state index contributed by atoms with van der Waals surface area (Å²) in [7, 11) is 1.59. The molecule has 9 nitrogen and oxygen atoms in total. The largest absolute Gasteiger partial charge is 0.373 e. The van der Waals surface area contributed by atoms with Crippen molar-refractivity contribution < 1.29 is 14.2 Å². The Balaban J connectivity index is 2.34. The fourth-order valence-corrected chi connectivity index (χ4v) is 1.52. The van der Waals surface area contributed by atoms with Crippen LogP contribution in [0.2, 0.25) is 0 Å². The van der Waals surface area contributed by atoms with Crippen molar-refractivity contribution in [1.29, 1.82) is 0 Å². The maximum Gasteiger partial charge on any atom is 0.300 e. The van der Waals surface area contributed by atoms with Gasteiger partial charge in [-0.05, 0) is 6.92 Å².